The second-order valence-corrected chi connectivity index (χ2v) is 5.88. The quantitative estimate of drug-likeness (QED) is 0.723. The second-order valence-electron chi connectivity index (χ2n) is 4.45. The van der Waals surface area contributed by atoms with Crippen molar-refractivity contribution in [3.63, 3.8) is 0 Å². The van der Waals surface area contributed by atoms with Gasteiger partial charge in [-0.2, -0.15) is 5.26 Å². The van der Waals surface area contributed by atoms with Gasteiger partial charge in [-0.15, -0.1) is 11.3 Å². The van der Waals surface area contributed by atoms with Gasteiger partial charge in [0.25, 0.3) is 0 Å². The number of nitrogens with zero attached hydrogens (tertiary/aromatic N) is 3. The first kappa shape index (κ1) is 13.7. The monoisotopic (exact) mass is 311 g/mol. The molecule has 0 aliphatic heterocycles. The van der Waals surface area contributed by atoms with Gasteiger partial charge in [0.2, 0.25) is 0 Å². The van der Waals surface area contributed by atoms with Gasteiger partial charge in [-0.25, -0.2) is 4.98 Å². The summed E-state index contributed by atoms with van der Waals surface area (Å²) in [7, 11) is 0. The molecular weight excluding hydrogens is 302 g/mol. The normalized spacial score (nSPS) is 10.3. The summed E-state index contributed by atoms with van der Waals surface area (Å²) in [4.78, 5) is 9.25. The van der Waals surface area contributed by atoms with Crippen LogP contribution in [0.15, 0.2) is 48.8 Å². The third-order valence-corrected chi connectivity index (χ3v) is 4.31. The molecule has 0 fully saturated rings. The molecule has 0 amide bonds. The van der Waals surface area contributed by atoms with E-state index in [1.807, 2.05) is 36.4 Å². The maximum absolute atomic E-state index is 9.29. The topological polar surface area (TPSA) is 49.6 Å². The highest BCUT2D eigenvalue weighted by molar-refractivity contribution is 7.15. The van der Waals surface area contributed by atoms with E-state index in [2.05, 4.69) is 16.0 Å². The van der Waals surface area contributed by atoms with E-state index in [0.717, 1.165) is 21.8 Å². The van der Waals surface area contributed by atoms with E-state index in [1.165, 1.54) is 11.3 Å². The number of rotatable bonds is 3. The molecule has 0 bridgehead atoms. The molecule has 102 valence electrons. The van der Waals surface area contributed by atoms with Gasteiger partial charge in [-0.05, 0) is 29.8 Å². The first-order valence-corrected chi connectivity index (χ1v) is 7.50. The molecule has 2 aromatic heterocycles. The summed E-state index contributed by atoms with van der Waals surface area (Å²) in [6.07, 6.45) is 4.07. The van der Waals surface area contributed by atoms with E-state index >= 15 is 0 Å². The van der Waals surface area contributed by atoms with E-state index in [0.29, 0.717) is 16.3 Å². The number of aromatic nitrogens is 2. The van der Waals surface area contributed by atoms with Crippen LogP contribution in [0, 0.1) is 11.3 Å². The van der Waals surface area contributed by atoms with E-state index in [-0.39, 0.29) is 0 Å². The van der Waals surface area contributed by atoms with Gasteiger partial charge in [-0.1, -0.05) is 23.7 Å². The van der Waals surface area contributed by atoms with Gasteiger partial charge in [0.05, 0.1) is 5.69 Å². The Morgan fingerprint density at radius 1 is 1.10 bits per heavy atom. The Bertz CT molecular complexity index is 789. The number of hydrogen-bond donors (Lipinski definition) is 0. The van der Waals surface area contributed by atoms with Crippen molar-refractivity contribution in [2.24, 2.45) is 0 Å². The van der Waals surface area contributed by atoms with Crippen LogP contribution in [-0.4, -0.2) is 9.97 Å². The Hall–Kier alpha value is -2.22. The van der Waals surface area contributed by atoms with Crippen molar-refractivity contribution in [1.82, 2.24) is 9.97 Å². The predicted molar refractivity (Wildman–Crippen MR) is 84.3 cm³/mol. The Balaban J connectivity index is 1.94. The van der Waals surface area contributed by atoms with Gasteiger partial charge in [0.1, 0.15) is 16.0 Å². The third kappa shape index (κ3) is 3.10. The third-order valence-electron chi connectivity index (χ3n) is 3.01. The smallest absolute Gasteiger partial charge is 0.128 e. The first-order chi connectivity index (χ1) is 10.3. The van der Waals surface area contributed by atoms with Crippen molar-refractivity contribution in [1.29, 1.82) is 5.26 Å². The average Bonchev–Trinajstić information content (AvgIpc) is 2.93. The maximum Gasteiger partial charge on any atom is 0.128 e. The van der Waals surface area contributed by atoms with Crippen LogP contribution in [0.3, 0.4) is 0 Å². The summed E-state index contributed by atoms with van der Waals surface area (Å²) in [5.41, 5.74) is 2.87. The van der Waals surface area contributed by atoms with Gasteiger partial charge in [0.15, 0.2) is 0 Å². The molecule has 21 heavy (non-hydrogen) atoms. The zero-order valence-corrected chi connectivity index (χ0v) is 12.5. The maximum atomic E-state index is 9.29. The van der Waals surface area contributed by atoms with Crippen molar-refractivity contribution in [2.75, 3.05) is 0 Å². The van der Waals surface area contributed by atoms with Crippen molar-refractivity contribution in [2.45, 2.75) is 6.42 Å². The van der Waals surface area contributed by atoms with Crippen LogP contribution in [0.2, 0.25) is 5.02 Å². The van der Waals surface area contributed by atoms with Crippen molar-refractivity contribution < 1.29 is 0 Å². The van der Waals surface area contributed by atoms with E-state index in [9.17, 15) is 5.26 Å². The first-order valence-electron chi connectivity index (χ1n) is 6.31. The van der Waals surface area contributed by atoms with Crippen LogP contribution in [0.4, 0.5) is 0 Å². The highest BCUT2D eigenvalue weighted by Gasteiger charge is 2.12. The zero-order chi connectivity index (χ0) is 14.7. The lowest BCUT2D eigenvalue weighted by atomic mass is 10.1. The molecule has 0 aliphatic rings. The van der Waals surface area contributed by atoms with Crippen LogP contribution < -0.4 is 0 Å². The molecule has 5 heteroatoms. The van der Waals surface area contributed by atoms with E-state index in [4.69, 9.17) is 11.6 Å². The molecule has 0 aliphatic carbocycles. The lowest BCUT2D eigenvalue weighted by Crippen LogP contribution is -1.91. The largest absolute Gasteiger partial charge is 0.265 e. The molecule has 0 atom stereocenters. The number of halogens is 1. The number of nitriles is 1. The van der Waals surface area contributed by atoms with Crippen molar-refractivity contribution in [3.8, 4) is 16.6 Å². The van der Waals surface area contributed by atoms with E-state index < -0.39 is 0 Å². The second kappa shape index (κ2) is 6.04. The highest BCUT2D eigenvalue weighted by atomic mass is 35.5. The summed E-state index contributed by atoms with van der Waals surface area (Å²) in [5, 5.41) is 10.8. The molecule has 0 unspecified atom stereocenters. The molecule has 0 saturated carbocycles. The fourth-order valence-corrected chi connectivity index (χ4v) is 2.98. The Morgan fingerprint density at radius 3 is 2.48 bits per heavy atom. The van der Waals surface area contributed by atoms with Gasteiger partial charge >= 0.3 is 0 Å². The Labute approximate surface area is 131 Å². The van der Waals surface area contributed by atoms with Gasteiger partial charge in [0, 0.05) is 29.4 Å². The number of thiazole rings is 1. The molecule has 0 N–H and O–H groups in total. The summed E-state index contributed by atoms with van der Waals surface area (Å²) >= 11 is 7.29. The van der Waals surface area contributed by atoms with Crippen LogP contribution in [-0.2, 0) is 6.42 Å². The van der Waals surface area contributed by atoms with Gasteiger partial charge < -0.3 is 0 Å². The van der Waals surface area contributed by atoms with Crippen LogP contribution in [0.1, 0.15) is 16.1 Å². The van der Waals surface area contributed by atoms with Crippen molar-refractivity contribution in [3.05, 3.63) is 69.9 Å². The fourth-order valence-electron chi connectivity index (χ4n) is 1.97. The minimum absolute atomic E-state index is 0.627. The number of benzene rings is 1. The standard InChI is InChI=1S/C16H10ClN3S/c17-13-3-1-11(2-4-13)9-14-15(10-18)21-16(20-14)12-5-7-19-8-6-12/h1-8H,9H2. The highest BCUT2D eigenvalue weighted by Crippen LogP contribution is 2.28. The minimum Gasteiger partial charge on any atom is -0.265 e. The summed E-state index contributed by atoms with van der Waals surface area (Å²) in [5.74, 6) is 0. The fraction of sp³-hybridized carbons (Fsp3) is 0.0625. The summed E-state index contributed by atoms with van der Waals surface area (Å²) in [6, 6.07) is 13.6. The molecule has 1 aromatic carbocycles. The minimum atomic E-state index is 0.627. The van der Waals surface area contributed by atoms with Crippen LogP contribution in [0.5, 0.6) is 0 Å². The van der Waals surface area contributed by atoms with Crippen molar-refractivity contribution >= 4 is 22.9 Å². The lowest BCUT2D eigenvalue weighted by Gasteiger charge is -1.99. The van der Waals surface area contributed by atoms with Gasteiger partial charge in [-0.3, -0.25) is 4.98 Å². The molecule has 2 heterocycles. The number of hydrogen-bond acceptors (Lipinski definition) is 4. The Morgan fingerprint density at radius 2 is 1.81 bits per heavy atom. The molecule has 0 spiro atoms. The Kier molecular flexibility index (Phi) is 3.96. The summed E-state index contributed by atoms with van der Waals surface area (Å²) < 4.78 is 0. The molecular formula is C16H10ClN3S. The van der Waals surface area contributed by atoms with Crippen LogP contribution >= 0.6 is 22.9 Å². The average molecular weight is 312 g/mol. The van der Waals surface area contributed by atoms with Crippen LogP contribution in [0.25, 0.3) is 10.6 Å². The lowest BCUT2D eigenvalue weighted by molar-refractivity contribution is 1.10. The molecule has 0 saturated heterocycles. The zero-order valence-electron chi connectivity index (χ0n) is 11.0. The SMILES string of the molecule is N#Cc1sc(-c2ccncc2)nc1Cc1ccc(Cl)cc1. The summed E-state index contributed by atoms with van der Waals surface area (Å²) in [6.45, 7) is 0. The predicted octanol–water partition coefficient (Wildman–Crippen LogP) is 4.32. The van der Waals surface area contributed by atoms with E-state index in [1.54, 1.807) is 12.4 Å². The molecule has 0 radical (unpaired) electrons. The number of pyridine rings is 1. The molecule has 3 rings (SSSR count). The molecule has 3 nitrogen and oxygen atoms in total. The molecule has 3 aromatic rings.